The third-order valence-electron chi connectivity index (χ3n) is 4.90. The van der Waals surface area contributed by atoms with Crippen molar-refractivity contribution in [3.63, 3.8) is 0 Å². The molecule has 0 aromatic heterocycles. The van der Waals surface area contributed by atoms with Crippen LogP contribution in [0.4, 0.5) is 0 Å². The summed E-state index contributed by atoms with van der Waals surface area (Å²) in [6.45, 7) is 7.85. The predicted octanol–water partition coefficient (Wildman–Crippen LogP) is 2.72. The molecule has 25 heavy (non-hydrogen) atoms. The van der Waals surface area contributed by atoms with E-state index >= 15 is 0 Å². The Balaban J connectivity index is 0.00000225. The average Bonchev–Trinajstić information content (AvgIpc) is 2.96. The molecule has 1 aromatic carbocycles. The summed E-state index contributed by atoms with van der Waals surface area (Å²) >= 11 is 12.0. The van der Waals surface area contributed by atoms with Crippen LogP contribution in [0.25, 0.3) is 0 Å². The van der Waals surface area contributed by atoms with Crippen LogP contribution in [0.5, 0.6) is 0 Å². The highest BCUT2D eigenvalue weighted by atomic mass is 35.5. The lowest BCUT2D eigenvalue weighted by Gasteiger charge is -2.38. The van der Waals surface area contributed by atoms with E-state index in [9.17, 15) is 8.42 Å². The zero-order valence-corrected chi connectivity index (χ0v) is 17.3. The molecule has 0 saturated carbocycles. The molecule has 5 nitrogen and oxygen atoms in total. The topological polar surface area (TPSA) is 52.7 Å². The molecule has 9 heteroatoms. The minimum atomic E-state index is -3.60. The van der Waals surface area contributed by atoms with Crippen LogP contribution in [0, 0.1) is 5.41 Å². The normalized spacial score (nSPS) is 25.7. The Morgan fingerprint density at radius 1 is 1.20 bits per heavy atom. The van der Waals surface area contributed by atoms with Gasteiger partial charge in [-0.1, -0.05) is 30.1 Å². The molecule has 0 aliphatic carbocycles. The van der Waals surface area contributed by atoms with Gasteiger partial charge in [0, 0.05) is 44.3 Å². The first kappa shape index (κ1) is 21.2. The molecule has 0 amide bonds. The van der Waals surface area contributed by atoms with Gasteiger partial charge in [0.2, 0.25) is 10.0 Å². The maximum absolute atomic E-state index is 12.8. The van der Waals surface area contributed by atoms with Gasteiger partial charge in [-0.25, -0.2) is 8.42 Å². The van der Waals surface area contributed by atoms with E-state index in [1.165, 1.54) is 22.9 Å². The largest absolute Gasteiger partial charge is 0.316 e. The number of hydrogen-bond acceptors (Lipinski definition) is 4. The molecule has 1 N–H and O–H groups in total. The van der Waals surface area contributed by atoms with Crippen molar-refractivity contribution in [3.8, 4) is 0 Å². The zero-order chi connectivity index (χ0) is 17.4. The van der Waals surface area contributed by atoms with Crippen LogP contribution in [0.2, 0.25) is 10.0 Å². The van der Waals surface area contributed by atoms with E-state index in [2.05, 4.69) is 17.1 Å². The first-order valence-corrected chi connectivity index (χ1v) is 10.4. The molecule has 0 bridgehead atoms. The Morgan fingerprint density at radius 3 is 2.48 bits per heavy atom. The van der Waals surface area contributed by atoms with Crippen LogP contribution in [0.1, 0.15) is 13.3 Å². The van der Waals surface area contributed by atoms with Crippen molar-refractivity contribution in [2.75, 3.05) is 45.8 Å². The summed E-state index contributed by atoms with van der Waals surface area (Å²) in [7, 11) is -3.60. The molecule has 3 rings (SSSR count). The van der Waals surface area contributed by atoms with E-state index < -0.39 is 10.0 Å². The monoisotopic (exact) mass is 427 g/mol. The van der Waals surface area contributed by atoms with Gasteiger partial charge in [0.15, 0.2) is 0 Å². The SMILES string of the molecule is CC1(CN2CCN(S(=O)(=O)c3cc(Cl)ccc3Cl)CC2)CCNC1.Cl. The number of piperazine rings is 1. The molecule has 2 heterocycles. The molecule has 0 radical (unpaired) electrons. The Hall–Kier alpha value is -0.0800. The Kier molecular flexibility index (Phi) is 7.04. The molecule has 2 saturated heterocycles. The molecular formula is C16H24Cl3N3O2S. The molecule has 1 unspecified atom stereocenters. The first-order valence-electron chi connectivity index (χ1n) is 8.18. The van der Waals surface area contributed by atoms with Crippen LogP contribution < -0.4 is 5.32 Å². The minimum absolute atomic E-state index is 0. The van der Waals surface area contributed by atoms with Crippen molar-refractivity contribution >= 4 is 45.6 Å². The van der Waals surface area contributed by atoms with Crippen molar-refractivity contribution in [2.24, 2.45) is 5.41 Å². The quantitative estimate of drug-likeness (QED) is 0.801. The number of sulfonamides is 1. The minimum Gasteiger partial charge on any atom is -0.316 e. The summed E-state index contributed by atoms with van der Waals surface area (Å²) in [6.07, 6.45) is 1.17. The van der Waals surface area contributed by atoms with Crippen molar-refractivity contribution in [1.29, 1.82) is 0 Å². The predicted molar refractivity (Wildman–Crippen MR) is 105 cm³/mol. The van der Waals surface area contributed by atoms with Gasteiger partial charge in [0.25, 0.3) is 0 Å². The molecule has 1 atom stereocenters. The highest BCUT2D eigenvalue weighted by Crippen LogP contribution is 2.29. The Bertz CT molecular complexity index is 701. The molecular weight excluding hydrogens is 405 g/mol. The Labute approximate surface area is 166 Å². The summed E-state index contributed by atoms with van der Waals surface area (Å²) < 4.78 is 27.2. The van der Waals surface area contributed by atoms with E-state index in [0.29, 0.717) is 18.1 Å². The van der Waals surface area contributed by atoms with Gasteiger partial charge >= 0.3 is 0 Å². The van der Waals surface area contributed by atoms with Crippen LogP contribution in [-0.2, 0) is 10.0 Å². The fraction of sp³-hybridized carbons (Fsp3) is 0.625. The van der Waals surface area contributed by atoms with Gasteiger partial charge in [0.1, 0.15) is 4.90 Å². The van der Waals surface area contributed by atoms with E-state index in [4.69, 9.17) is 23.2 Å². The lowest BCUT2D eigenvalue weighted by Crippen LogP contribution is -2.51. The van der Waals surface area contributed by atoms with Gasteiger partial charge in [0.05, 0.1) is 5.02 Å². The zero-order valence-electron chi connectivity index (χ0n) is 14.2. The lowest BCUT2D eigenvalue weighted by molar-refractivity contribution is 0.132. The Morgan fingerprint density at radius 2 is 1.88 bits per heavy atom. The van der Waals surface area contributed by atoms with Gasteiger partial charge in [-0.3, -0.25) is 0 Å². The molecule has 142 valence electrons. The number of halogens is 3. The van der Waals surface area contributed by atoms with Crippen LogP contribution in [0.15, 0.2) is 23.1 Å². The number of nitrogens with one attached hydrogen (secondary N) is 1. The van der Waals surface area contributed by atoms with Crippen LogP contribution in [-0.4, -0.2) is 63.4 Å². The van der Waals surface area contributed by atoms with Gasteiger partial charge < -0.3 is 10.2 Å². The molecule has 2 aliphatic rings. The summed E-state index contributed by atoms with van der Waals surface area (Å²) in [6, 6.07) is 4.55. The molecule has 0 spiro atoms. The lowest BCUT2D eigenvalue weighted by atomic mass is 9.89. The maximum Gasteiger partial charge on any atom is 0.244 e. The van der Waals surface area contributed by atoms with Crippen molar-refractivity contribution in [2.45, 2.75) is 18.2 Å². The summed E-state index contributed by atoms with van der Waals surface area (Å²) in [5.74, 6) is 0. The van der Waals surface area contributed by atoms with Crippen LogP contribution >= 0.6 is 35.6 Å². The van der Waals surface area contributed by atoms with Crippen molar-refractivity contribution in [3.05, 3.63) is 28.2 Å². The van der Waals surface area contributed by atoms with E-state index in [0.717, 1.165) is 32.7 Å². The highest BCUT2D eigenvalue weighted by molar-refractivity contribution is 7.89. The van der Waals surface area contributed by atoms with Crippen LogP contribution in [0.3, 0.4) is 0 Å². The summed E-state index contributed by atoms with van der Waals surface area (Å²) in [5.41, 5.74) is 0.289. The number of benzene rings is 1. The molecule has 2 fully saturated rings. The van der Waals surface area contributed by atoms with Crippen molar-refractivity contribution in [1.82, 2.24) is 14.5 Å². The maximum atomic E-state index is 12.8. The number of rotatable bonds is 4. The van der Waals surface area contributed by atoms with Crippen molar-refractivity contribution < 1.29 is 8.42 Å². The second-order valence-electron chi connectivity index (χ2n) is 6.99. The van der Waals surface area contributed by atoms with Gasteiger partial charge in [-0.05, 0) is 36.6 Å². The van der Waals surface area contributed by atoms with E-state index in [1.54, 1.807) is 6.07 Å². The fourth-order valence-electron chi connectivity index (χ4n) is 3.49. The first-order chi connectivity index (χ1) is 11.3. The smallest absolute Gasteiger partial charge is 0.244 e. The standard InChI is InChI=1S/C16H23Cl2N3O2S.ClH/c1-16(4-5-19-11-16)12-20-6-8-21(9-7-20)24(22,23)15-10-13(17)2-3-14(15)18;/h2-3,10,19H,4-9,11-12H2,1H3;1H. The third kappa shape index (κ3) is 4.80. The second-order valence-corrected chi connectivity index (χ2v) is 9.74. The summed E-state index contributed by atoms with van der Waals surface area (Å²) in [5, 5.41) is 4.00. The third-order valence-corrected chi connectivity index (χ3v) is 7.52. The average molecular weight is 429 g/mol. The second kappa shape index (κ2) is 8.30. The number of hydrogen-bond donors (Lipinski definition) is 1. The highest BCUT2D eigenvalue weighted by Gasteiger charge is 2.34. The number of nitrogens with zero attached hydrogens (tertiary/aromatic N) is 2. The van der Waals surface area contributed by atoms with Gasteiger partial charge in [-0.2, -0.15) is 4.31 Å². The molecule has 1 aromatic rings. The van der Waals surface area contributed by atoms with E-state index in [-0.39, 0.29) is 27.7 Å². The van der Waals surface area contributed by atoms with E-state index in [1.807, 2.05) is 0 Å². The van der Waals surface area contributed by atoms with Gasteiger partial charge in [-0.15, -0.1) is 12.4 Å². The fourth-order valence-corrected chi connectivity index (χ4v) is 5.64. The summed E-state index contributed by atoms with van der Waals surface area (Å²) in [4.78, 5) is 2.45. The molecule has 2 aliphatic heterocycles.